The summed E-state index contributed by atoms with van der Waals surface area (Å²) >= 11 is 0. The number of piperidine rings is 1. The van der Waals surface area contributed by atoms with E-state index in [4.69, 9.17) is 5.73 Å². The summed E-state index contributed by atoms with van der Waals surface area (Å²) in [5.41, 5.74) is 12.2. The van der Waals surface area contributed by atoms with Crippen LogP contribution in [0.1, 0.15) is 48.9 Å². The van der Waals surface area contributed by atoms with E-state index >= 15 is 0 Å². The van der Waals surface area contributed by atoms with E-state index in [9.17, 15) is 5.11 Å². The van der Waals surface area contributed by atoms with E-state index in [1.807, 2.05) is 0 Å². The zero-order valence-corrected chi connectivity index (χ0v) is 20.4. The van der Waals surface area contributed by atoms with Gasteiger partial charge in [0.15, 0.2) is 5.96 Å². The van der Waals surface area contributed by atoms with Crippen LogP contribution >= 0.6 is 24.0 Å². The predicted octanol–water partition coefficient (Wildman–Crippen LogP) is 4.31. The molecule has 1 aliphatic heterocycles. The quantitative estimate of drug-likeness (QED) is 0.288. The molecule has 2 aromatic rings. The average Bonchev–Trinajstić information content (AvgIpc) is 2.75. The molecule has 0 saturated carbocycles. The maximum Gasteiger partial charge on any atom is 0.193 e. The average molecular weight is 522 g/mol. The molecule has 2 aromatic carbocycles. The Morgan fingerprint density at radius 2 is 1.60 bits per heavy atom. The van der Waals surface area contributed by atoms with Crippen molar-refractivity contribution in [1.82, 2.24) is 4.90 Å². The maximum absolute atomic E-state index is 9.63. The lowest BCUT2D eigenvalue weighted by molar-refractivity contribution is 0.0792. The molecule has 0 aromatic heterocycles. The largest absolute Gasteiger partial charge is 0.393 e. The third-order valence-corrected chi connectivity index (χ3v) is 5.67. The van der Waals surface area contributed by atoms with Crippen molar-refractivity contribution in [3.05, 3.63) is 64.7 Å². The maximum atomic E-state index is 9.63. The van der Waals surface area contributed by atoms with Crippen molar-refractivity contribution in [1.29, 1.82) is 0 Å². The lowest BCUT2D eigenvalue weighted by Crippen LogP contribution is -2.35. The van der Waals surface area contributed by atoms with E-state index in [0.29, 0.717) is 12.5 Å². The number of hydrogen-bond acceptors (Lipinski definition) is 3. The van der Waals surface area contributed by atoms with Gasteiger partial charge in [-0.2, -0.15) is 0 Å². The minimum absolute atomic E-state index is 0. The number of likely N-dealkylation sites (tertiary alicyclic amines) is 1. The van der Waals surface area contributed by atoms with Gasteiger partial charge in [0.05, 0.1) is 12.6 Å². The summed E-state index contributed by atoms with van der Waals surface area (Å²) in [6.45, 7) is 7.74. The molecule has 6 heteroatoms. The van der Waals surface area contributed by atoms with Gasteiger partial charge in [0, 0.05) is 25.3 Å². The fourth-order valence-electron chi connectivity index (χ4n) is 3.83. The number of aliphatic hydroxyl groups is 1. The van der Waals surface area contributed by atoms with Gasteiger partial charge in [-0.1, -0.05) is 56.3 Å². The number of nitrogens with one attached hydrogen (secondary N) is 1. The molecule has 1 saturated heterocycles. The summed E-state index contributed by atoms with van der Waals surface area (Å²) in [5.74, 6) is 0.455. The molecule has 1 fully saturated rings. The van der Waals surface area contributed by atoms with E-state index in [1.54, 1.807) is 0 Å². The number of nitrogens with zero attached hydrogens (tertiary/aromatic N) is 2. The number of rotatable bonds is 7. The first kappa shape index (κ1) is 24.6. The summed E-state index contributed by atoms with van der Waals surface area (Å²) in [4.78, 5) is 6.94. The Kier molecular flexibility index (Phi) is 10.1. The van der Waals surface area contributed by atoms with Crippen LogP contribution in [-0.2, 0) is 25.9 Å². The first-order valence-corrected chi connectivity index (χ1v) is 10.7. The summed E-state index contributed by atoms with van der Waals surface area (Å²) in [6, 6.07) is 15.0. The fraction of sp³-hybridized carbons (Fsp3) is 0.458. The smallest absolute Gasteiger partial charge is 0.193 e. The molecule has 0 spiro atoms. The Labute approximate surface area is 197 Å². The molecule has 0 amide bonds. The van der Waals surface area contributed by atoms with Gasteiger partial charge in [0.1, 0.15) is 0 Å². The Balaban J connectivity index is 0.00000320. The Morgan fingerprint density at radius 3 is 2.17 bits per heavy atom. The molecule has 0 bridgehead atoms. The minimum atomic E-state index is -0.122. The van der Waals surface area contributed by atoms with Gasteiger partial charge in [-0.25, -0.2) is 4.99 Å². The molecule has 30 heavy (non-hydrogen) atoms. The van der Waals surface area contributed by atoms with E-state index in [2.05, 4.69) is 71.5 Å². The number of nitrogens with two attached hydrogens (primary N) is 1. The number of aliphatic imine (C=N–C) groups is 1. The first-order chi connectivity index (χ1) is 14.1. The first-order valence-electron chi connectivity index (χ1n) is 10.7. The van der Waals surface area contributed by atoms with Crippen LogP contribution in [0.5, 0.6) is 0 Å². The number of guanidine groups is 1. The number of aryl methyl sites for hydroxylation is 2. The predicted molar refractivity (Wildman–Crippen MR) is 137 cm³/mol. The van der Waals surface area contributed by atoms with Crippen molar-refractivity contribution >= 4 is 35.6 Å². The molecular formula is C24H35IN4O. The van der Waals surface area contributed by atoms with Gasteiger partial charge >= 0.3 is 0 Å². The highest BCUT2D eigenvalue weighted by Crippen LogP contribution is 2.22. The number of hydrogen-bond donors (Lipinski definition) is 3. The minimum Gasteiger partial charge on any atom is -0.393 e. The second-order valence-electron chi connectivity index (χ2n) is 7.81. The van der Waals surface area contributed by atoms with Crippen LogP contribution in [-0.4, -0.2) is 35.2 Å². The Bertz CT molecular complexity index is 792. The second kappa shape index (κ2) is 12.3. The van der Waals surface area contributed by atoms with Gasteiger partial charge in [0.2, 0.25) is 0 Å². The lowest BCUT2D eigenvalue weighted by atomic mass is 10.0. The van der Waals surface area contributed by atoms with Gasteiger partial charge in [-0.05, 0) is 47.9 Å². The monoisotopic (exact) mass is 522 g/mol. The van der Waals surface area contributed by atoms with E-state index < -0.39 is 0 Å². The van der Waals surface area contributed by atoms with Gasteiger partial charge in [-0.3, -0.25) is 4.90 Å². The Hall–Kier alpha value is -1.64. The molecule has 5 nitrogen and oxygen atoms in total. The van der Waals surface area contributed by atoms with Gasteiger partial charge in [-0.15, -0.1) is 24.0 Å². The van der Waals surface area contributed by atoms with Crippen molar-refractivity contribution in [2.45, 2.75) is 58.7 Å². The van der Waals surface area contributed by atoms with Crippen LogP contribution in [0.15, 0.2) is 47.5 Å². The van der Waals surface area contributed by atoms with Crippen molar-refractivity contribution in [3.8, 4) is 0 Å². The van der Waals surface area contributed by atoms with Crippen molar-refractivity contribution in [2.75, 3.05) is 18.4 Å². The highest BCUT2D eigenvalue weighted by Gasteiger charge is 2.16. The zero-order valence-electron chi connectivity index (χ0n) is 18.1. The Morgan fingerprint density at radius 1 is 1.03 bits per heavy atom. The third-order valence-electron chi connectivity index (χ3n) is 5.67. The molecule has 4 N–H and O–H groups in total. The summed E-state index contributed by atoms with van der Waals surface area (Å²) in [6.07, 6.45) is 3.55. The zero-order chi connectivity index (χ0) is 20.6. The standard InChI is InChI=1S/C24H34N4O.HI/c1-3-20-6-5-7-21(4-2)23(20)27-24(25)26-16-18-8-10-19(11-9-18)17-28-14-12-22(29)13-15-28;/h5-11,22,29H,3-4,12-17H2,1-2H3,(H3,25,26,27);1H. The number of halogens is 1. The van der Waals surface area contributed by atoms with Crippen molar-refractivity contribution in [2.24, 2.45) is 10.7 Å². The van der Waals surface area contributed by atoms with Crippen molar-refractivity contribution in [3.63, 3.8) is 0 Å². The van der Waals surface area contributed by atoms with Crippen LogP contribution in [0.4, 0.5) is 5.69 Å². The number of benzene rings is 2. The molecule has 0 radical (unpaired) electrons. The summed E-state index contributed by atoms with van der Waals surface area (Å²) in [7, 11) is 0. The topological polar surface area (TPSA) is 73.9 Å². The van der Waals surface area contributed by atoms with E-state index in [0.717, 1.165) is 56.6 Å². The SMILES string of the molecule is CCc1cccc(CC)c1NC(N)=NCc1ccc(CN2CCC(O)CC2)cc1.I. The fourth-order valence-corrected chi connectivity index (χ4v) is 3.83. The highest BCUT2D eigenvalue weighted by atomic mass is 127. The highest BCUT2D eigenvalue weighted by molar-refractivity contribution is 14.0. The third kappa shape index (κ3) is 6.96. The van der Waals surface area contributed by atoms with Crippen LogP contribution in [0.3, 0.4) is 0 Å². The second-order valence-corrected chi connectivity index (χ2v) is 7.81. The molecule has 0 unspecified atom stereocenters. The molecular weight excluding hydrogens is 487 g/mol. The van der Waals surface area contributed by atoms with Gasteiger partial charge in [0.25, 0.3) is 0 Å². The molecule has 0 aliphatic carbocycles. The molecule has 164 valence electrons. The van der Waals surface area contributed by atoms with E-state index in [-0.39, 0.29) is 30.1 Å². The molecule has 1 heterocycles. The van der Waals surface area contributed by atoms with Crippen molar-refractivity contribution < 1.29 is 5.11 Å². The molecule has 1 aliphatic rings. The van der Waals surface area contributed by atoms with Crippen LogP contribution in [0.2, 0.25) is 0 Å². The van der Waals surface area contributed by atoms with Crippen LogP contribution in [0, 0.1) is 0 Å². The van der Waals surface area contributed by atoms with E-state index in [1.165, 1.54) is 16.7 Å². The molecule has 3 rings (SSSR count). The van der Waals surface area contributed by atoms with Crippen LogP contribution < -0.4 is 11.1 Å². The van der Waals surface area contributed by atoms with Crippen LogP contribution in [0.25, 0.3) is 0 Å². The molecule has 0 atom stereocenters. The number of para-hydroxylation sites is 1. The summed E-state index contributed by atoms with van der Waals surface area (Å²) in [5, 5.41) is 13.0. The normalized spacial score (nSPS) is 15.6. The number of anilines is 1. The summed E-state index contributed by atoms with van der Waals surface area (Å²) < 4.78 is 0. The van der Waals surface area contributed by atoms with Gasteiger partial charge < -0.3 is 16.2 Å². The lowest BCUT2D eigenvalue weighted by Gasteiger charge is -2.29. The number of aliphatic hydroxyl groups excluding tert-OH is 1.